The van der Waals surface area contributed by atoms with Crippen LogP contribution in [0.2, 0.25) is 0 Å². The average Bonchev–Trinajstić information content (AvgIpc) is 3.76. The number of hydrogen-bond acceptors (Lipinski definition) is 10. The van der Waals surface area contributed by atoms with Crippen LogP contribution in [0.25, 0.3) is 22.6 Å². The normalized spacial score (nSPS) is 17.1. The van der Waals surface area contributed by atoms with Crippen molar-refractivity contribution >= 4 is 27.8 Å². The van der Waals surface area contributed by atoms with Gasteiger partial charge in [-0.1, -0.05) is 13.3 Å². The lowest BCUT2D eigenvalue weighted by atomic mass is 9.80. The lowest BCUT2D eigenvalue weighted by Gasteiger charge is -2.33. The van der Waals surface area contributed by atoms with Crippen LogP contribution in [0.1, 0.15) is 75.1 Å². The Bertz CT molecular complexity index is 1610. The van der Waals surface area contributed by atoms with Gasteiger partial charge in [0.25, 0.3) is 5.56 Å². The monoisotopic (exact) mass is 545 g/mol. The molecule has 2 fully saturated rings. The lowest BCUT2D eigenvalue weighted by molar-refractivity contribution is 0.222. The van der Waals surface area contributed by atoms with E-state index in [9.17, 15) is 9.00 Å². The highest BCUT2D eigenvalue weighted by molar-refractivity contribution is 7.85. The first kappa shape index (κ1) is 25.6. The minimum atomic E-state index is -1.12. The van der Waals surface area contributed by atoms with Crippen LogP contribution < -0.4 is 10.9 Å². The molecule has 4 heterocycles. The Kier molecular flexibility index (Phi) is 6.88. The fraction of sp³-hybridized carbons (Fsp3) is 0.481. The summed E-state index contributed by atoms with van der Waals surface area (Å²) in [4.78, 5) is 46.2. The third-order valence-corrected chi connectivity index (χ3v) is 9.01. The van der Waals surface area contributed by atoms with Crippen LogP contribution in [-0.2, 0) is 17.3 Å². The molecule has 0 spiro atoms. The number of fused-ring (bicyclic) bond motifs is 1. The van der Waals surface area contributed by atoms with Gasteiger partial charge in [-0.3, -0.25) is 13.6 Å². The van der Waals surface area contributed by atoms with Crippen LogP contribution >= 0.6 is 0 Å². The van der Waals surface area contributed by atoms with Gasteiger partial charge in [0.05, 0.1) is 45.4 Å². The van der Waals surface area contributed by atoms with Gasteiger partial charge in [-0.05, 0) is 45.4 Å². The maximum Gasteiger partial charge on any atom is 0.295 e. The van der Waals surface area contributed by atoms with Gasteiger partial charge in [0.2, 0.25) is 0 Å². The Morgan fingerprint density at radius 1 is 1.05 bits per heavy atom. The van der Waals surface area contributed by atoms with Gasteiger partial charge in [0.15, 0.2) is 17.3 Å². The molecule has 1 N–H and O–H groups in total. The van der Waals surface area contributed by atoms with Crippen molar-refractivity contribution in [3.8, 4) is 11.4 Å². The van der Waals surface area contributed by atoms with Crippen molar-refractivity contribution in [3.63, 3.8) is 0 Å². The predicted molar refractivity (Wildman–Crippen MR) is 148 cm³/mol. The van der Waals surface area contributed by atoms with E-state index < -0.39 is 10.8 Å². The van der Waals surface area contributed by atoms with E-state index in [2.05, 4.69) is 42.1 Å². The van der Waals surface area contributed by atoms with Gasteiger partial charge >= 0.3 is 0 Å². The molecular weight excluding hydrogens is 514 g/mol. The third kappa shape index (κ3) is 4.93. The summed E-state index contributed by atoms with van der Waals surface area (Å²) >= 11 is 0. The van der Waals surface area contributed by atoms with E-state index in [1.165, 1.54) is 6.42 Å². The maximum atomic E-state index is 13.8. The zero-order valence-corrected chi connectivity index (χ0v) is 23.1. The largest absolute Gasteiger partial charge is 0.358 e. The second-order valence-electron chi connectivity index (χ2n) is 10.3. The van der Waals surface area contributed by atoms with E-state index in [1.54, 1.807) is 29.5 Å². The number of nitrogens with zero attached hydrogens (tertiary/aromatic N) is 8. The molecule has 202 valence electrons. The van der Waals surface area contributed by atoms with Gasteiger partial charge < -0.3 is 5.32 Å². The molecule has 11 nitrogen and oxygen atoms in total. The molecule has 0 saturated heterocycles. The van der Waals surface area contributed by atoms with Crippen LogP contribution in [0, 0.1) is 12.8 Å². The smallest absolute Gasteiger partial charge is 0.295 e. The summed E-state index contributed by atoms with van der Waals surface area (Å²) in [5.41, 5.74) is 3.46. The molecule has 0 aromatic carbocycles. The van der Waals surface area contributed by atoms with E-state index in [0.29, 0.717) is 45.3 Å². The number of nitrogens with one attached hydrogen (secondary N) is 1. The van der Waals surface area contributed by atoms with E-state index in [0.717, 1.165) is 42.6 Å². The van der Waals surface area contributed by atoms with E-state index in [4.69, 9.17) is 4.98 Å². The molecule has 2 atom stereocenters. The fourth-order valence-electron chi connectivity index (χ4n) is 5.06. The molecule has 39 heavy (non-hydrogen) atoms. The molecule has 0 bridgehead atoms. The number of aryl methyl sites for hydroxylation is 1. The van der Waals surface area contributed by atoms with Crippen LogP contribution in [0.3, 0.4) is 0 Å². The molecule has 2 saturated carbocycles. The molecule has 6 rings (SSSR count). The summed E-state index contributed by atoms with van der Waals surface area (Å²) in [7, 11) is -1.12. The first-order valence-corrected chi connectivity index (χ1v) is 14.8. The molecular formula is C27H31N9O2S. The van der Waals surface area contributed by atoms with Crippen molar-refractivity contribution in [2.45, 2.75) is 76.3 Å². The molecule has 2 aliphatic carbocycles. The quantitative estimate of drug-likeness (QED) is 0.331. The summed E-state index contributed by atoms with van der Waals surface area (Å²) in [6, 6.07) is -0.0457. The van der Waals surface area contributed by atoms with Crippen LogP contribution in [0.4, 0.5) is 5.82 Å². The molecule has 4 aromatic rings. The highest BCUT2D eigenvalue weighted by Gasteiger charge is 2.31. The van der Waals surface area contributed by atoms with Crippen LogP contribution in [-0.4, -0.2) is 49.4 Å². The van der Waals surface area contributed by atoms with Crippen molar-refractivity contribution < 1.29 is 4.21 Å². The Labute approximate surface area is 228 Å². The molecule has 1 unspecified atom stereocenters. The van der Waals surface area contributed by atoms with Gasteiger partial charge in [-0.25, -0.2) is 34.9 Å². The van der Waals surface area contributed by atoms with Gasteiger partial charge in [-0.15, -0.1) is 0 Å². The second kappa shape index (κ2) is 10.5. The summed E-state index contributed by atoms with van der Waals surface area (Å²) in [6.07, 6.45) is 11.9. The first-order valence-electron chi connectivity index (χ1n) is 13.5. The average molecular weight is 546 g/mol. The molecule has 4 aromatic heterocycles. The summed E-state index contributed by atoms with van der Waals surface area (Å²) in [6.45, 7) is 6.08. The minimum Gasteiger partial charge on any atom is -0.358 e. The molecule has 0 amide bonds. The standard InChI is InChI=1S/C27H31N9O2S/c1-4-39(38)19-10-28-21(29-11-19)13-31-25-27(37)36(16(3)17-6-5-7-17)26-20(34-25)12-30-24(35-26)22-15(2)32-14-33-23(22)18-8-9-18/h10-12,14,16-18H,4-9,13H2,1-3H3,(H,31,34)/t16-,39?/m1/s1. The topological polar surface area (TPSA) is 141 Å². The van der Waals surface area contributed by atoms with E-state index in [-0.39, 0.29) is 24.0 Å². The molecule has 12 heteroatoms. The van der Waals surface area contributed by atoms with Crippen LogP contribution in [0.5, 0.6) is 0 Å². The highest BCUT2D eigenvalue weighted by atomic mass is 32.2. The molecule has 0 aliphatic heterocycles. The maximum absolute atomic E-state index is 13.8. The van der Waals surface area contributed by atoms with Crippen molar-refractivity contribution in [1.29, 1.82) is 0 Å². The van der Waals surface area contributed by atoms with E-state index in [1.807, 2.05) is 13.8 Å². The Morgan fingerprint density at radius 2 is 1.82 bits per heavy atom. The zero-order chi connectivity index (χ0) is 27.1. The first-order chi connectivity index (χ1) is 18.9. The van der Waals surface area contributed by atoms with Gasteiger partial charge in [-0.2, -0.15) is 0 Å². The number of hydrogen-bond donors (Lipinski definition) is 1. The number of anilines is 1. The molecule has 2 aliphatic rings. The van der Waals surface area contributed by atoms with E-state index >= 15 is 0 Å². The molecule has 0 radical (unpaired) electrons. The highest BCUT2D eigenvalue weighted by Crippen LogP contribution is 2.43. The SMILES string of the molecule is CCS(=O)c1cnc(CNc2nc3cnc(-c4c(C)ncnc4C4CC4)nc3n([C@H](C)C3CCC3)c2=O)nc1. The van der Waals surface area contributed by atoms with Crippen molar-refractivity contribution in [2.75, 3.05) is 11.1 Å². The van der Waals surface area contributed by atoms with Gasteiger partial charge in [0.1, 0.15) is 17.7 Å². The minimum absolute atomic E-state index is 0.0457. The lowest BCUT2D eigenvalue weighted by Crippen LogP contribution is -2.34. The summed E-state index contributed by atoms with van der Waals surface area (Å²) in [5, 5.41) is 3.12. The fourth-order valence-corrected chi connectivity index (χ4v) is 5.74. The third-order valence-electron chi connectivity index (χ3n) is 7.75. The predicted octanol–water partition coefficient (Wildman–Crippen LogP) is 3.72. The van der Waals surface area contributed by atoms with Gasteiger partial charge in [0, 0.05) is 30.1 Å². The second-order valence-corrected chi connectivity index (χ2v) is 12.0. The summed E-state index contributed by atoms with van der Waals surface area (Å²) in [5.74, 6) is 2.51. The Morgan fingerprint density at radius 3 is 2.49 bits per heavy atom. The number of aromatic nitrogens is 8. The van der Waals surface area contributed by atoms with Crippen molar-refractivity contribution in [2.24, 2.45) is 5.92 Å². The van der Waals surface area contributed by atoms with Crippen molar-refractivity contribution in [3.05, 3.63) is 52.5 Å². The Hall–Kier alpha value is -3.67. The summed E-state index contributed by atoms with van der Waals surface area (Å²) < 4.78 is 13.8. The van der Waals surface area contributed by atoms with Crippen LogP contribution in [0.15, 0.2) is 34.6 Å². The Balaban J connectivity index is 1.40. The van der Waals surface area contributed by atoms with Crippen molar-refractivity contribution in [1.82, 2.24) is 39.5 Å². The number of rotatable bonds is 9. The zero-order valence-electron chi connectivity index (χ0n) is 22.3.